The second kappa shape index (κ2) is 4.98. The van der Waals surface area contributed by atoms with Gasteiger partial charge >= 0.3 is 0 Å². The number of hydrogen-bond acceptors (Lipinski definition) is 2. The van der Waals surface area contributed by atoms with Crippen LogP contribution in [0.2, 0.25) is 0 Å². The topological polar surface area (TPSA) is 21.3 Å². The summed E-state index contributed by atoms with van der Waals surface area (Å²) < 4.78 is 33.0. The van der Waals surface area contributed by atoms with E-state index >= 15 is 0 Å². The Hall–Kier alpha value is 0.0700. The van der Waals surface area contributed by atoms with E-state index in [0.717, 1.165) is 38.6 Å². The van der Waals surface area contributed by atoms with Gasteiger partial charge in [0.05, 0.1) is 12.0 Å². The first kappa shape index (κ1) is 13.5. The van der Waals surface area contributed by atoms with Crippen molar-refractivity contribution in [2.24, 2.45) is 11.8 Å². The molecule has 2 heterocycles. The predicted octanol–water partition coefficient (Wildman–Crippen LogP) is 2.61. The Labute approximate surface area is 107 Å². The predicted molar refractivity (Wildman–Crippen MR) is 63.8 cm³/mol. The summed E-state index contributed by atoms with van der Waals surface area (Å²) in [6.45, 7) is 1.57. The SMILES string of the molecule is Cl.FC1(F)C(C2CCCCN2)C1C1CCCO1. The fourth-order valence-electron chi connectivity index (χ4n) is 3.44. The third-order valence-electron chi connectivity index (χ3n) is 4.31. The zero-order chi connectivity index (χ0) is 11.2. The van der Waals surface area contributed by atoms with E-state index in [4.69, 9.17) is 4.74 Å². The molecule has 0 aromatic rings. The molecular formula is C12H20ClF2NO. The Kier molecular flexibility index (Phi) is 3.96. The monoisotopic (exact) mass is 267 g/mol. The van der Waals surface area contributed by atoms with Crippen LogP contribution >= 0.6 is 12.4 Å². The molecule has 0 amide bonds. The van der Waals surface area contributed by atoms with E-state index in [1.165, 1.54) is 0 Å². The highest BCUT2D eigenvalue weighted by Crippen LogP contribution is 2.61. The van der Waals surface area contributed by atoms with E-state index in [-0.39, 0.29) is 24.6 Å². The van der Waals surface area contributed by atoms with Gasteiger partial charge in [-0.1, -0.05) is 6.42 Å². The number of hydrogen-bond donors (Lipinski definition) is 1. The van der Waals surface area contributed by atoms with Crippen molar-refractivity contribution in [1.29, 1.82) is 0 Å². The van der Waals surface area contributed by atoms with Crippen LogP contribution in [0.25, 0.3) is 0 Å². The molecule has 3 fully saturated rings. The highest BCUT2D eigenvalue weighted by Gasteiger charge is 2.73. The largest absolute Gasteiger partial charge is 0.378 e. The zero-order valence-corrected chi connectivity index (χ0v) is 10.6. The summed E-state index contributed by atoms with van der Waals surface area (Å²) in [7, 11) is 0. The molecule has 5 heteroatoms. The molecule has 1 aliphatic carbocycles. The van der Waals surface area contributed by atoms with Crippen LogP contribution in [0.3, 0.4) is 0 Å². The minimum absolute atomic E-state index is 0. The van der Waals surface area contributed by atoms with Crippen LogP contribution < -0.4 is 5.32 Å². The van der Waals surface area contributed by atoms with Crippen molar-refractivity contribution in [3.05, 3.63) is 0 Å². The summed E-state index contributed by atoms with van der Waals surface area (Å²) in [6, 6.07) is 0.0259. The van der Waals surface area contributed by atoms with E-state index in [2.05, 4.69) is 5.32 Å². The second-order valence-corrected chi connectivity index (χ2v) is 5.33. The van der Waals surface area contributed by atoms with Crippen LogP contribution in [0.15, 0.2) is 0 Å². The molecule has 0 radical (unpaired) electrons. The fourth-order valence-corrected chi connectivity index (χ4v) is 3.44. The summed E-state index contributed by atoms with van der Waals surface area (Å²) in [6.07, 6.45) is 4.71. The molecule has 3 rings (SSSR count). The molecule has 0 aromatic heterocycles. The van der Waals surface area contributed by atoms with Gasteiger partial charge in [0.25, 0.3) is 5.92 Å². The molecule has 2 nitrogen and oxygen atoms in total. The van der Waals surface area contributed by atoms with Crippen molar-refractivity contribution in [1.82, 2.24) is 5.32 Å². The van der Waals surface area contributed by atoms with Crippen LogP contribution in [0.1, 0.15) is 32.1 Å². The Balaban J connectivity index is 0.00000108. The van der Waals surface area contributed by atoms with Crippen LogP contribution in [0.4, 0.5) is 8.78 Å². The van der Waals surface area contributed by atoms with Gasteiger partial charge in [0, 0.05) is 18.6 Å². The maximum atomic E-state index is 13.8. The Morgan fingerprint density at radius 2 is 1.88 bits per heavy atom. The molecule has 17 heavy (non-hydrogen) atoms. The van der Waals surface area contributed by atoms with Gasteiger partial charge in [-0.2, -0.15) is 0 Å². The summed E-state index contributed by atoms with van der Waals surface area (Å²) in [5, 5.41) is 3.25. The minimum Gasteiger partial charge on any atom is -0.378 e. The average molecular weight is 268 g/mol. The molecule has 0 bridgehead atoms. The normalized spacial score (nSPS) is 44.1. The third kappa shape index (κ3) is 2.32. The van der Waals surface area contributed by atoms with Gasteiger partial charge in [-0.05, 0) is 32.2 Å². The quantitative estimate of drug-likeness (QED) is 0.830. The molecule has 0 aromatic carbocycles. The molecule has 100 valence electrons. The number of alkyl halides is 2. The molecule has 1 N–H and O–H groups in total. The van der Waals surface area contributed by atoms with Crippen molar-refractivity contribution in [3.8, 4) is 0 Å². The van der Waals surface area contributed by atoms with E-state index < -0.39 is 17.8 Å². The van der Waals surface area contributed by atoms with Crippen molar-refractivity contribution in [2.45, 2.75) is 50.2 Å². The molecule has 2 aliphatic heterocycles. The van der Waals surface area contributed by atoms with Crippen LogP contribution in [0.5, 0.6) is 0 Å². The Morgan fingerprint density at radius 3 is 2.47 bits per heavy atom. The number of halogens is 3. The van der Waals surface area contributed by atoms with Crippen molar-refractivity contribution in [3.63, 3.8) is 0 Å². The number of rotatable bonds is 2. The Bertz CT molecular complexity index is 265. The van der Waals surface area contributed by atoms with Gasteiger partial charge in [0.1, 0.15) is 0 Å². The van der Waals surface area contributed by atoms with E-state index in [0.29, 0.717) is 6.61 Å². The molecule has 1 saturated carbocycles. The summed E-state index contributed by atoms with van der Waals surface area (Å²) in [5.74, 6) is -3.45. The van der Waals surface area contributed by atoms with Crippen LogP contribution in [-0.4, -0.2) is 31.2 Å². The first-order chi connectivity index (χ1) is 7.71. The zero-order valence-electron chi connectivity index (χ0n) is 9.83. The van der Waals surface area contributed by atoms with Crippen LogP contribution in [0, 0.1) is 11.8 Å². The van der Waals surface area contributed by atoms with Gasteiger partial charge in [0.15, 0.2) is 0 Å². The molecule has 4 unspecified atom stereocenters. The van der Waals surface area contributed by atoms with Gasteiger partial charge in [-0.25, -0.2) is 8.78 Å². The first-order valence-corrected chi connectivity index (χ1v) is 6.44. The number of ether oxygens (including phenoxy) is 1. The standard InChI is InChI=1S/C12H19F2NO.ClH/c13-12(14)10(8-4-1-2-6-15-8)11(12)9-5-3-7-16-9;/h8-11,15H,1-7H2;1H. The van der Waals surface area contributed by atoms with E-state index in [9.17, 15) is 8.78 Å². The molecule has 2 saturated heterocycles. The van der Waals surface area contributed by atoms with Crippen molar-refractivity contribution in [2.75, 3.05) is 13.2 Å². The van der Waals surface area contributed by atoms with Gasteiger partial charge in [0.2, 0.25) is 0 Å². The smallest absolute Gasteiger partial charge is 0.258 e. The summed E-state index contributed by atoms with van der Waals surface area (Å²) in [4.78, 5) is 0. The van der Waals surface area contributed by atoms with E-state index in [1.54, 1.807) is 0 Å². The highest BCUT2D eigenvalue weighted by molar-refractivity contribution is 5.85. The van der Waals surface area contributed by atoms with Gasteiger partial charge in [-0.3, -0.25) is 0 Å². The Morgan fingerprint density at radius 1 is 1.06 bits per heavy atom. The van der Waals surface area contributed by atoms with Gasteiger partial charge in [-0.15, -0.1) is 12.4 Å². The summed E-state index contributed by atoms with van der Waals surface area (Å²) in [5.41, 5.74) is 0. The molecule has 4 atom stereocenters. The summed E-state index contributed by atoms with van der Waals surface area (Å²) >= 11 is 0. The lowest BCUT2D eigenvalue weighted by atomic mass is 9.98. The second-order valence-electron chi connectivity index (χ2n) is 5.33. The van der Waals surface area contributed by atoms with Gasteiger partial charge < -0.3 is 10.1 Å². The number of nitrogens with one attached hydrogen (secondary N) is 1. The molecular weight excluding hydrogens is 248 g/mol. The van der Waals surface area contributed by atoms with Crippen molar-refractivity contribution < 1.29 is 13.5 Å². The third-order valence-corrected chi connectivity index (χ3v) is 4.31. The lowest BCUT2D eigenvalue weighted by Crippen LogP contribution is -2.37. The fraction of sp³-hybridized carbons (Fsp3) is 1.00. The molecule has 0 spiro atoms. The molecule has 3 aliphatic rings. The maximum Gasteiger partial charge on any atom is 0.258 e. The average Bonchev–Trinajstić information content (AvgIpc) is 2.70. The van der Waals surface area contributed by atoms with Crippen LogP contribution in [-0.2, 0) is 4.74 Å². The lowest BCUT2D eigenvalue weighted by Gasteiger charge is -2.23. The first-order valence-electron chi connectivity index (χ1n) is 6.44. The lowest BCUT2D eigenvalue weighted by molar-refractivity contribution is 0.0283. The highest BCUT2D eigenvalue weighted by atomic mass is 35.5. The van der Waals surface area contributed by atoms with E-state index in [1.807, 2.05) is 0 Å². The minimum atomic E-state index is -2.48. The maximum absolute atomic E-state index is 13.8. The van der Waals surface area contributed by atoms with Crippen molar-refractivity contribution >= 4 is 12.4 Å². The number of piperidine rings is 1.